The molecule has 2 aromatic rings. The molecule has 6 heteroatoms. The Morgan fingerprint density at radius 2 is 2.05 bits per heavy atom. The molecule has 2 N–H and O–H groups in total. The molecule has 1 heterocycles. The highest BCUT2D eigenvalue weighted by molar-refractivity contribution is 5.68. The van der Waals surface area contributed by atoms with Crippen LogP contribution in [0.25, 0.3) is 11.3 Å². The minimum atomic E-state index is -0.905. The van der Waals surface area contributed by atoms with E-state index in [0.29, 0.717) is 17.1 Å². The average molecular weight is 297 g/mol. The van der Waals surface area contributed by atoms with Gasteiger partial charge < -0.3 is 15.2 Å². The fourth-order valence-electron chi connectivity index (χ4n) is 1.89. The number of carbonyl (C=O) groups is 1. The first-order chi connectivity index (χ1) is 10.6. The lowest BCUT2D eigenvalue weighted by Gasteiger charge is -2.09. The molecular formula is C16H15N3O3. The molecule has 0 aliphatic heterocycles. The van der Waals surface area contributed by atoms with Gasteiger partial charge in [0.2, 0.25) is 0 Å². The number of nitrogens with one attached hydrogen (secondary N) is 1. The Kier molecular flexibility index (Phi) is 4.94. The number of pyridine rings is 1. The molecule has 0 aliphatic carbocycles. The topological polar surface area (TPSA) is 95.2 Å². The number of carboxylic acids is 1. The van der Waals surface area contributed by atoms with Crippen molar-refractivity contribution in [3.63, 3.8) is 0 Å². The Morgan fingerprint density at radius 3 is 2.64 bits per heavy atom. The summed E-state index contributed by atoms with van der Waals surface area (Å²) in [6.45, 7) is 0.211. The van der Waals surface area contributed by atoms with Gasteiger partial charge >= 0.3 is 5.97 Å². The van der Waals surface area contributed by atoms with Crippen LogP contribution in [0, 0.1) is 11.3 Å². The van der Waals surface area contributed by atoms with Gasteiger partial charge in [0.1, 0.15) is 17.6 Å². The van der Waals surface area contributed by atoms with Crippen molar-refractivity contribution in [2.45, 2.75) is 6.42 Å². The Labute approximate surface area is 128 Å². The van der Waals surface area contributed by atoms with E-state index in [1.165, 1.54) is 0 Å². The quantitative estimate of drug-likeness (QED) is 0.850. The van der Waals surface area contributed by atoms with E-state index >= 15 is 0 Å². The molecule has 2 rings (SSSR count). The number of nitrogens with zero attached hydrogens (tertiary/aromatic N) is 2. The highest BCUT2D eigenvalue weighted by Crippen LogP contribution is 2.23. The van der Waals surface area contributed by atoms with Crippen molar-refractivity contribution in [1.29, 1.82) is 5.26 Å². The summed E-state index contributed by atoms with van der Waals surface area (Å²) in [6, 6.07) is 12.8. The molecule has 0 aliphatic rings. The summed E-state index contributed by atoms with van der Waals surface area (Å²) in [5, 5.41) is 20.6. The molecule has 1 aromatic carbocycles. The lowest BCUT2D eigenvalue weighted by molar-refractivity contribution is -0.136. The lowest BCUT2D eigenvalue weighted by atomic mass is 10.1. The third-order valence-corrected chi connectivity index (χ3v) is 3.03. The molecule has 0 saturated heterocycles. The molecule has 22 heavy (non-hydrogen) atoms. The van der Waals surface area contributed by atoms with Crippen molar-refractivity contribution in [2.75, 3.05) is 19.0 Å². The predicted octanol–water partition coefficient (Wildman–Crippen LogP) is 2.52. The number of aliphatic carboxylic acids is 1. The van der Waals surface area contributed by atoms with Crippen LogP contribution >= 0.6 is 0 Å². The molecule has 0 fully saturated rings. The van der Waals surface area contributed by atoms with Crippen molar-refractivity contribution in [2.24, 2.45) is 0 Å². The van der Waals surface area contributed by atoms with E-state index in [1.54, 1.807) is 19.2 Å². The number of carboxylic acid groups (broad SMARTS) is 1. The second-order valence-corrected chi connectivity index (χ2v) is 4.50. The highest BCUT2D eigenvalue weighted by Gasteiger charge is 2.08. The van der Waals surface area contributed by atoms with E-state index in [9.17, 15) is 4.79 Å². The van der Waals surface area contributed by atoms with Crippen LogP contribution in [0.2, 0.25) is 0 Å². The first-order valence-electron chi connectivity index (χ1n) is 6.65. The Hall–Kier alpha value is -3.07. The summed E-state index contributed by atoms with van der Waals surface area (Å²) in [7, 11) is 1.60. The SMILES string of the molecule is COc1ccc(-c2ccc(C#N)c(NCCC(=O)O)n2)cc1. The van der Waals surface area contributed by atoms with E-state index in [1.807, 2.05) is 30.3 Å². The molecule has 0 radical (unpaired) electrons. The van der Waals surface area contributed by atoms with Crippen LogP contribution in [0.1, 0.15) is 12.0 Å². The van der Waals surface area contributed by atoms with Crippen LogP contribution in [-0.4, -0.2) is 29.7 Å². The smallest absolute Gasteiger partial charge is 0.305 e. The minimum absolute atomic E-state index is 0.0423. The number of rotatable bonds is 6. The number of nitriles is 1. The summed E-state index contributed by atoms with van der Waals surface area (Å²) in [5.41, 5.74) is 1.95. The molecule has 0 atom stereocenters. The summed E-state index contributed by atoms with van der Waals surface area (Å²) in [5.74, 6) is 0.228. The van der Waals surface area contributed by atoms with Gasteiger partial charge in [0, 0.05) is 12.1 Å². The Morgan fingerprint density at radius 1 is 1.32 bits per heavy atom. The number of aromatic nitrogens is 1. The first-order valence-corrected chi connectivity index (χ1v) is 6.65. The van der Waals surface area contributed by atoms with E-state index < -0.39 is 5.97 Å². The van der Waals surface area contributed by atoms with E-state index in [4.69, 9.17) is 15.1 Å². The number of benzene rings is 1. The summed E-state index contributed by atoms with van der Waals surface area (Å²) in [4.78, 5) is 15.0. The van der Waals surface area contributed by atoms with Gasteiger partial charge in [-0.15, -0.1) is 0 Å². The van der Waals surface area contributed by atoms with Gasteiger partial charge in [-0.3, -0.25) is 4.79 Å². The first kappa shape index (κ1) is 15.3. The number of anilines is 1. The van der Waals surface area contributed by atoms with Crippen LogP contribution in [0.3, 0.4) is 0 Å². The Bertz CT molecular complexity index is 706. The fourth-order valence-corrected chi connectivity index (χ4v) is 1.89. The van der Waals surface area contributed by atoms with Gasteiger partial charge in [-0.1, -0.05) is 0 Å². The van der Waals surface area contributed by atoms with Crippen LogP contribution in [0.4, 0.5) is 5.82 Å². The molecule has 6 nitrogen and oxygen atoms in total. The Balaban J connectivity index is 2.25. The molecule has 1 aromatic heterocycles. The van der Waals surface area contributed by atoms with E-state index in [-0.39, 0.29) is 13.0 Å². The van der Waals surface area contributed by atoms with Gasteiger partial charge in [-0.2, -0.15) is 5.26 Å². The maximum Gasteiger partial charge on any atom is 0.305 e. The van der Waals surface area contributed by atoms with Crippen LogP contribution in [-0.2, 0) is 4.79 Å². The molecule has 0 amide bonds. The average Bonchev–Trinajstić information content (AvgIpc) is 2.54. The molecule has 0 unspecified atom stereocenters. The maximum atomic E-state index is 10.6. The molecule has 0 bridgehead atoms. The van der Waals surface area contributed by atoms with Gasteiger partial charge in [-0.05, 0) is 36.4 Å². The summed E-state index contributed by atoms with van der Waals surface area (Å²) in [6.07, 6.45) is -0.0423. The molecular weight excluding hydrogens is 282 g/mol. The van der Waals surface area contributed by atoms with E-state index in [0.717, 1.165) is 11.3 Å². The largest absolute Gasteiger partial charge is 0.497 e. The van der Waals surface area contributed by atoms with Crippen molar-refractivity contribution >= 4 is 11.8 Å². The van der Waals surface area contributed by atoms with Crippen molar-refractivity contribution in [3.8, 4) is 23.1 Å². The van der Waals surface area contributed by atoms with Crippen LogP contribution in [0.15, 0.2) is 36.4 Å². The van der Waals surface area contributed by atoms with Crippen molar-refractivity contribution < 1.29 is 14.6 Å². The molecule has 0 spiro atoms. The number of hydrogen-bond acceptors (Lipinski definition) is 5. The number of hydrogen-bond donors (Lipinski definition) is 2. The van der Waals surface area contributed by atoms with Crippen molar-refractivity contribution in [1.82, 2.24) is 4.98 Å². The summed E-state index contributed by atoms with van der Waals surface area (Å²) < 4.78 is 5.11. The van der Waals surface area contributed by atoms with Gasteiger partial charge in [0.15, 0.2) is 0 Å². The number of ether oxygens (including phenoxy) is 1. The van der Waals surface area contributed by atoms with Gasteiger partial charge in [0.05, 0.1) is 24.8 Å². The monoisotopic (exact) mass is 297 g/mol. The zero-order valence-corrected chi connectivity index (χ0v) is 12.0. The predicted molar refractivity (Wildman–Crippen MR) is 81.7 cm³/mol. The van der Waals surface area contributed by atoms with Crippen LogP contribution < -0.4 is 10.1 Å². The molecule has 0 saturated carbocycles. The number of methoxy groups -OCH3 is 1. The van der Waals surface area contributed by atoms with Crippen LogP contribution in [0.5, 0.6) is 5.75 Å². The second-order valence-electron chi connectivity index (χ2n) is 4.50. The minimum Gasteiger partial charge on any atom is -0.497 e. The molecule has 112 valence electrons. The lowest BCUT2D eigenvalue weighted by Crippen LogP contribution is -2.10. The standard InChI is InChI=1S/C16H15N3O3/c1-22-13-5-2-11(3-6-13)14-7-4-12(10-17)16(19-14)18-9-8-15(20)21/h2-7H,8-9H2,1H3,(H,18,19)(H,20,21). The van der Waals surface area contributed by atoms with Gasteiger partial charge in [-0.25, -0.2) is 4.98 Å². The normalized spacial score (nSPS) is 9.82. The maximum absolute atomic E-state index is 10.6. The third kappa shape index (κ3) is 3.73. The highest BCUT2D eigenvalue weighted by atomic mass is 16.5. The zero-order chi connectivity index (χ0) is 15.9. The summed E-state index contributed by atoms with van der Waals surface area (Å²) >= 11 is 0. The fraction of sp³-hybridized carbons (Fsp3) is 0.188. The third-order valence-electron chi connectivity index (χ3n) is 3.03. The van der Waals surface area contributed by atoms with E-state index in [2.05, 4.69) is 10.3 Å². The zero-order valence-electron chi connectivity index (χ0n) is 12.0. The van der Waals surface area contributed by atoms with Crippen molar-refractivity contribution in [3.05, 3.63) is 42.0 Å². The second kappa shape index (κ2) is 7.09. The van der Waals surface area contributed by atoms with Gasteiger partial charge in [0.25, 0.3) is 0 Å².